The fourth-order valence-corrected chi connectivity index (χ4v) is 4.89. The molecule has 0 spiro atoms. The molecule has 3 atom stereocenters. The number of fused-ring (bicyclic) bond motifs is 2. The van der Waals surface area contributed by atoms with Crippen LogP contribution in [-0.2, 0) is 4.79 Å². The number of aromatic nitrogens is 2. The van der Waals surface area contributed by atoms with Gasteiger partial charge in [-0.3, -0.25) is 4.79 Å². The van der Waals surface area contributed by atoms with Crippen molar-refractivity contribution in [3.05, 3.63) is 48.3 Å². The molecule has 2 bridgehead atoms. The van der Waals surface area contributed by atoms with Gasteiger partial charge < -0.3 is 11.1 Å². The molecule has 27 heavy (non-hydrogen) atoms. The van der Waals surface area contributed by atoms with Crippen LogP contribution in [0.4, 0.5) is 0 Å². The maximum Gasteiger partial charge on any atom is 0.223 e. The molecule has 2 fully saturated rings. The highest BCUT2D eigenvalue weighted by Gasteiger charge is 2.40. The van der Waals surface area contributed by atoms with E-state index in [1.165, 1.54) is 19.3 Å². The maximum absolute atomic E-state index is 12.9. The maximum atomic E-state index is 12.9. The van der Waals surface area contributed by atoms with Gasteiger partial charge in [0, 0.05) is 24.4 Å². The van der Waals surface area contributed by atoms with Crippen LogP contribution in [0.5, 0.6) is 0 Å². The lowest BCUT2D eigenvalue weighted by atomic mass is 9.65. The third kappa shape index (κ3) is 4.04. The second kappa shape index (κ2) is 8.44. The van der Waals surface area contributed by atoms with Crippen molar-refractivity contribution < 1.29 is 4.79 Å². The van der Waals surface area contributed by atoms with Crippen molar-refractivity contribution in [3.63, 3.8) is 0 Å². The largest absolute Gasteiger partial charge is 0.349 e. The lowest BCUT2D eigenvalue weighted by Crippen LogP contribution is -2.49. The van der Waals surface area contributed by atoms with E-state index in [-0.39, 0.29) is 30.3 Å². The summed E-state index contributed by atoms with van der Waals surface area (Å²) in [6, 6.07) is 10.3. The molecular formula is C21H29ClN4O. The minimum atomic E-state index is -0.0571. The molecule has 1 heterocycles. The highest BCUT2D eigenvalue weighted by atomic mass is 35.5. The van der Waals surface area contributed by atoms with E-state index in [1.807, 2.05) is 35.1 Å². The zero-order chi connectivity index (χ0) is 18.1. The first-order chi connectivity index (χ1) is 12.6. The van der Waals surface area contributed by atoms with Gasteiger partial charge >= 0.3 is 0 Å². The van der Waals surface area contributed by atoms with Crippen molar-refractivity contribution in [2.24, 2.45) is 23.5 Å². The Balaban J connectivity index is 0.00000210. The second-order valence-electron chi connectivity index (χ2n) is 7.94. The number of amides is 1. The smallest absolute Gasteiger partial charge is 0.223 e. The molecule has 146 valence electrons. The van der Waals surface area contributed by atoms with Crippen LogP contribution in [0, 0.1) is 17.8 Å². The van der Waals surface area contributed by atoms with Crippen molar-refractivity contribution in [3.8, 4) is 5.69 Å². The highest BCUT2D eigenvalue weighted by molar-refractivity contribution is 5.85. The van der Waals surface area contributed by atoms with Crippen molar-refractivity contribution in [1.29, 1.82) is 0 Å². The average molecular weight is 389 g/mol. The number of carbonyl (C=O) groups is 1. The Labute approximate surface area is 167 Å². The molecular weight excluding hydrogens is 360 g/mol. The van der Waals surface area contributed by atoms with Crippen molar-refractivity contribution >= 4 is 18.3 Å². The Morgan fingerprint density at radius 2 is 1.93 bits per heavy atom. The number of nitrogens with two attached hydrogens (primary N) is 1. The molecule has 3 unspecified atom stereocenters. The normalized spacial score (nSPS) is 28.1. The summed E-state index contributed by atoms with van der Waals surface area (Å²) >= 11 is 0. The quantitative estimate of drug-likeness (QED) is 0.840. The van der Waals surface area contributed by atoms with Gasteiger partial charge in [0.15, 0.2) is 0 Å². The molecule has 2 aliphatic carbocycles. The molecule has 5 nitrogen and oxygen atoms in total. The van der Waals surface area contributed by atoms with E-state index in [0.29, 0.717) is 17.9 Å². The summed E-state index contributed by atoms with van der Waals surface area (Å²) in [7, 11) is 0. The van der Waals surface area contributed by atoms with Crippen LogP contribution in [-0.4, -0.2) is 21.7 Å². The Hall–Kier alpha value is -1.85. The van der Waals surface area contributed by atoms with E-state index in [4.69, 9.17) is 5.73 Å². The van der Waals surface area contributed by atoms with E-state index >= 15 is 0 Å². The summed E-state index contributed by atoms with van der Waals surface area (Å²) in [6.07, 6.45) is 9.21. The number of rotatable bonds is 4. The summed E-state index contributed by atoms with van der Waals surface area (Å²) in [6.45, 7) is 2.05. The molecule has 1 aromatic carbocycles. The lowest BCUT2D eigenvalue weighted by molar-refractivity contribution is -0.128. The van der Waals surface area contributed by atoms with Gasteiger partial charge in [-0.25, -0.2) is 4.68 Å². The van der Waals surface area contributed by atoms with E-state index in [9.17, 15) is 4.79 Å². The van der Waals surface area contributed by atoms with Gasteiger partial charge in [-0.2, -0.15) is 5.10 Å². The Morgan fingerprint density at radius 3 is 2.59 bits per heavy atom. The molecule has 0 saturated heterocycles. The minimum Gasteiger partial charge on any atom is -0.349 e. The summed E-state index contributed by atoms with van der Waals surface area (Å²) in [5.74, 6) is 1.32. The van der Waals surface area contributed by atoms with Crippen LogP contribution >= 0.6 is 12.4 Å². The van der Waals surface area contributed by atoms with Crippen molar-refractivity contribution in [1.82, 2.24) is 15.1 Å². The zero-order valence-electron chi connectivity index (χ0n) is 15.8. The fraction of sp³-hybridized carbons (Fsp3) is 0.524. The van der Waals surface area contributed by atoms with Crippen LogP contribution in [0.1, 0.15) is 50.6 Å². The van der Waals surface area contributed by atoms with E-state index in [1.54, 1.807) is 6.20 Å². The third-order valence-corrected chi connectivity index (χ3v) is 6.30. The number of nitrogens with one attached hydrogen (secondary N) is 1. The standard InChI is InChI=1S/C21H28N4O.ClH/c1-14(18-8-2-3-9-19(18)25-11-5-10-23-25)24-21(26)17-12-15-6-4-7-16(13-17)20(15)22;/h2-3,5,8-11,14-17,20H,4,6-7,12-13,22H2,1H3,(H,24,26);1H. The van der Waals surface area contributed by atoms with E-state index < -0.39 is 0 Å². The molecule has 0 aliphatic heterocycles. The molecule has 1 amide bonds. The lowest BCUT2D eigenvalue weighted by Gasteiger charge is -2.43. The third-order valence-electron chi connectivity index (χ3n) is 6.30. The second-order valence-corrected chi connectivity index (χ2v) is 7.94. The van der Waals surface area contributed by atoms with Gasteiger partial charge in [-0.1, -0.05) is 24.6 Å². The van der Waals surface area contributed by atoms with Gasteiger partial charge in [0.1, 0.15) is 0 Å². The highest BCUT2D eigenvalue weighted by Crippen LogP contribution is 2.42. The number of para-hydroxylation sites is 1. The molecule has 2 saturated carbocycles. The predicted octanol–water partition coefficient (Wildman–Crippen LogP) is 3.62. The van der Waals surface area contributed by atoms with Crippen LogP contribution in [0.2, 0.25) is 0 Å². The number of carbonyl (C=O) groups excluding carboxylic acids is 1. The molecule has 2 aliphatic rings. The minimum absolute atomic E-state index is 0. The number of hydrogen-bond donors (Lipinski definition) is 2. The van der Waals surface area contributed by atoms with Crippen LogP contribution in [0.15, 0.2) is 42.7 Å². The number of halogens is 1. The monoisotopic (exact) mass is 388 g/mol. The van der Waals surface area contributed by atoms with Crippen LogP contribution < -0.4 is 11.1 Å². The van der Waals surface area contributed by atoms with Gasteiger partial charge in [-0.05, 0) is 62.1 Å². The number of nitrogens with zero attached hydrogens (tertiary/aromatic N) is 2. The first-order valence-corrected chi connectivity index (χ1v) is 9.78. The van der Waals surface area contributed by atoms with Gasteiger partial charge in [0.2, 0.25) is 5.91 Å². The Bertz CT molecular complexity index is 749. The van der Waals surface area contributed by atoms with E-state index in [2.05, 4.69) is 23.4 Å². The van der Waals surface area contributed by atoms with Gasteiger partial charge in [0.05, 0.1) is 11.7 Å². The summed E-state index contributed by atoms with van der Waals surface area (Å²) < 4.78 is 1.85. The van der Waals surface area contributed by atoms with Gasteiger partial charge in [-0.15, -0.1) is 12.4 Å². The fourth-order valence-electron chi connectivity index (χ4n) is 4.89. The zero-order valence-corrected chi connectivity index (χ0v) is 16.6. The molecule has 1 aromatic heterocycles. The first-order valence-electron chi connectivity index (χ1n) is 9.78. The van der Waals surface area contributed by atoms with Gasteiger partial charge in [0.25, 0.3) is 0 Å². The van der Waals surface area contributed by atoms with Crippen molar-refractivity contribution in [2.45, 2.75) is 51.1 Å². The summed E-state index contributed by atoms with van der Waals surface area (Å²) in [5.41, 5.74) is 8.46. The SMILES string of the molecule is CC(NC(=O)C1CC2CCCC(C1)C2N)c1ccccc1-n1cccn1.Cl. The van der Waals surface area contributed by atoms with Crippen LogP contribution in [0.3, 0.4) is 0 Å². The molecule has 2 aromatic rings. The number of benzene rings is 1. The molecule has 3 N–H and O–H groups in total. The first kappa shape index (κ1) is 19.9. The van der Waals surface area contributed by atoms with Crippen LogP contribution in [0.25, 0.3) is 5.69 Å². The Kier molecular flexibility index (Phi) is 6.22. The van der Waals surface area contributed by atoms with Crippen molar-refractivity contribution in [2.75, 3.05) is 0 Å². The molecule has 0 radical (unpaired) electrons. The summed E-state index contributed by atoms with van der Waals surface area (Å²) in [5, 5.41) is 7.59. The molecule has 6 heteroatoms. The average Bonchev–Trinajstić information content (AvgIpc) is 3.16. The predicted molar refractivity (Wildman–Crippen MR) is 109 cm³/mol. The van der Waals surface area contributed by atoms with E-state index in [0.717, 1.165) is 24.1 Å². The summed E-state index contributed by atoms with van der Waals surface area (Å²) in [4.78, 5) is 12.9. The number of hydrogen-bond acceptors (Lipinski definition) is 3. The Morgan fingerprint density at radius 1 is 1.22 bits per heavy atom. The topological polar surface area (TPSA) is 72.9 Å². The molecule has 4 rings (SSSR count).